The second-order valence-electron chi connectivity index (χ2n) is 5.76. The molecule has 0 radical (unpaired) electrons. The van der Waals surface area contributed by atoms with Gasteiger partial charge < -0.3 is 10.2 Å². The molecule has 0 saturated carbocycles. The van der Waals surface area contributed by atoms with E-state index in [0.29, 0.717) is 35.3 Å². The molecule has 1 aliphatic rings. The minimum absolute atomic E-state index is 0.171. The Kier molecular flexibility index (Phi) is 4.61. The number of hydrogen-bond donors (Lipinski definition) is 1. The first-order valence-corrected chi connectivity index (χ1v) is 8.63. The molecule has 1 aromatic carbocycles. The maximum Gasteiger partial charge on any atom is 0.261 e. The Labute approximate surface area is 138 Å². The van der Waals surface area contributed by atoms with Gasteiger partial charge in [-0.25, -0.2) is 4.39 Å². The second kappa shape index (κ2) is 6.66. The van der Waals surface area contributed by atoms with Gasteiger partial charge in [0.2, 0.25) is 5.91 Å². The maximum atomic E-state index is 13.9. The van der Waals surface area contributed by atoms with Crippen molar-refractivity contribution in [2.24, 2.45) is 0 Å². The highest BCUT2D eigenvalue weighted by atomic mass is 32.1. The highest BCUT2D eigenvalue weighted by molar-refractivity contribution is 7.21. The molecule has 6 heteroatoms. The van der Waals surface area contributed by atoms with E-state index >= 15 is 0 Å². The van der Waals surface area contributed by atoms with E-state index < -0.39 is 0 Å². The van der Waals surface area contributed by atoms with Crippen LogP contribution in [0.4, 0.5) is 4.39 Å². The van der Waals surface area contributed by atoms with Crippen molar-refractivity contribution < 1.29 is 14.0 Å². The predicted molar refractivity (Wildman–Crippen MR) is 89.3 cm³/mol. The minimum atomic E-state index is -0.289. The molecule has 2 amide bonds. The summed E-state index contributed by atoms with van der Waals surface area (Å²) in [6.45, 7) is 3.79. The minimum Gasteiger partial charge on any atom is -0.351 e. The Morgan fingerprint density at radius 1 is 1.43 bits per heavy atom. The summed E-state index contributed by atoms with van der Waals surface area (Å²) >= 11 is 1.31. The molecule has 1 aliphatic heterocycles. The van der Waals surface area contributed by atoms with Crippen LogP contribution in [0.15, 0.2) is 18.2 Å². The third-order valence-corrected chi connectivity index (χ3v) is 5.43. The molecule has 2 aromatic rings. The van der Waals surface area contributed by atoms with Crippen LogP contribution < -0.4 is 5.32 Å². The number of hydrogen-bond acceptors (Lipinski definition) is 3. The van der Waals surface area contributed by atoms with Crippen LogP contribution in [0.2, 0.25) is 0 Å². The van der Waals surface area contributed by atoms with Crippen LogP contribution in [0.25, 0.3) is 10.1 Å². The normalized spacial score (nSPS) is 14.7. The molecular weight excluding hydrogens is 315 g/mol. The van der Waals surface area contributed by atoms with Gasteiger partial charge in [0.05, 0.1) is 4.88 Å². The van der Waals surface area contributed by atoms with E-state index in [1.165, 1.54) is 17.4 Å². The molecule has 0 aliphatic carbocycles. The zero-order chi connectivity index (χ0) is 16.4. The number of rotatable bonds is 5. The fourth-order valence-electron chi connectivity index (χ4n) is 2.96. The summed E-state index contributed by atoms with van der Waals surface area (Å²) in [5.41, 5.74) is 0.690. The molecule has 4 nitrogen and oxygen atoms in total. The van der Waals surface area contributed by atoms with Gasteiger partial charge in [-0.05, 0) is 37.5 Å². The van der Waals surface area contributed by atoms with Gasteiger partial charge >= 0.3 is 0 Å². The molecule has 0 unspecified atom stereocenters. The van der Waals surface area contributed by atoms with E-state index in [-0.39, 0.29) is 17.6 Å². The van der Waals surface area contributed by atoms with Crippen molar-refractivity contribution in [3.05, 3.63) is 34.5 Å². The summed E-state index contributed by atoms with van der Waals surface area (Å²) in [7, 11) is 0. The highest BCUT2D eigenvalue weighted by Crippen LogP contribution is 2.32. The number of thiophene rings is 1. The SMILES string of the molecule is Cc1c(C(=O)NCCCN2CCCC2=O)sc2cccc(F)c12. The Morgan fingerprint density at radius 3 is 2.96 bits per heavy atom. The lowest BCUT2D eigenvalue weighted by molar-refractivity contribution is -0.127. The van der Waals surface area contributed by atoms with Crippen LogP contribution >= 0.6 is 11.3 Å². The van der Waals surface area contributed by atoms with Crippen molar-refractivity contribution in [2.45, 2.75) is 26.2 Å². The largest absolute Gasteiger partial charge is 0.351 e. The molecule has 3 rings (SSSR count). The number of nitrogens with zero attached hydrogens (tertiary/aromatic N) is 1. The van der Waals surface area contributed by atoms with Crippen LogP contribution in [0.3, 0.4) is 0 Å². The van der Waals surface area contributed by atoms with Gasteiger partial charge in [0, 0.05) is 36.1 Å². The average molecular weight is 334 g/mol. The van der Waals surface area contributed by atoms with Crippen molar-refractivity contribution in [3.8, 4) is 0 Å². The van der Waals surface area contributed by atoms with Crippen LogP contribution in [-0.4, -0.2) is 36.3 Å². The maximum absolute atomic E-state index is 13.9. The number of aryl methyl sites for hydroxylation is 1. The first-order chi connectivity index (χ1) is 11.1. The summed E-state index contributed by atoms with van der Waals surface area (Å²) in [5.74, 6) is -0.258. The van der Waals surface area contributed by atoms with Gasteiger partial charge in [0.15, 0.2) is 0 Å². The number of halogens is 1. The monoisotopic (exact) mass is 334 g/mol. The third kappa shape index (κ3) is 3.22. The third-order valence-electron chi connectivity index (χ3n) is 4.17. The van der Waals surface area contributed by atoms with Gasteiger partial charge in [-0.3, -0.25) is 9.59 Å². The molecule has 1 saturated heterocycles. The molecule has 2 heterocycles. The molecule has 1 aromatic heterocycles. The van der Waals surface area contributed by atoms with Crippen molar-refractivity contribution in [1.82, 2.24) is 10.2 Å². The number of likely N-dealkylation sites (tertiary alicyclic amines) is 1. The Bertz CT molecular complexity index is 756. The van der Waals surface area contributed by atoms with Crippen molar-refractivity contribution in [2.75, 3.05) is 19.6 Å². The number of carbonyl (C=O) groups is 2. The number of carbonyl (C=O) groups excluding carboxylic acids is 2. The quantitative estimate of drug-likeness (QED) is 0.854. The molecule has 0 spiro atoms. The van der Waals surface area contributed by atoms with Crippen LogP contribution in [0.5, 0.6) is 0 Å². The molecule has 23 heavy (non-hydrogen) atoms. The van der Waals surface area contributed by atoms with Crippen molar-refractivity contribution >= 4 is 33.2 Å². The molecule has 0 bridgehead atoms. The Hall–Kier alpha value is -1.95. The standard InChI is InChI=1S/C17H19FN2O2S/c1-11-15-12(18)5-2-6-13(15)23-16(11)17(22)19-8-4-10-20-9-3-7-14(20)21/h2,5-6H,3-4,7-10H2,1H3,(H,19,22). The van der Waals surface area contributed by atoms with E-state index in [1.807, 2.05) is 11.0 Å². The van der Waals surface area contributed by atoms with Gasteiger partial charge in [0.1, 0.15) is 5.82 Å². The summed E-state index contributed by atoms with van der Waals surface area (Å²) in [6, 6.07) is 4.89. The zero-order valence-electron chi connectivity index (χ0n) is 13.0. The summed E-state index contributed by atoms with van der Waals surface area (Å²) in [4.78, 5) is 26.2. The van der Waals surface area contributed by atoms with Crippen molar-refractivity contribution in [3.63, 3.8) is 0 Å². The summed E-state index contributed by atoms with van der Waals surface area (Å²) in [5, 5.41) is 3.40. The number of nitrogens with one attached hydrogen (secondary N) is 1. The molecule has 1 N–H and O–H groups in total. The molecule has 122 valence electrons. The van der Waals surface area contributed by atoms with E-state index in [1.54, 1.807) is 13.0 Å². The lowest BCUT2D eigenvalue weighted by Crippen LogP contribution is -2.30. The van der Waals surface area contributed by atoms with E-state index in [0.717, 1.165) is 24.1 Å². The summed E-state index contributed by atoms with van der Waals surface area (Å²) in [6.07, 6.45) is 2.30. The van der Waals surface area contributed by atoms with Crippen LogP contribution in [0, 0.1) is 12.7 Å². The molecule has 0 atom stereocenters. The van der Waals surface area contributed by atoms with Crippen LogP contribution in [-0.2, 0) is 4.79 Å². The van der Waals surface area contributed by atoms with Gasteiger partial charge in [-0.15, -0.1) is 11.3 Å². The topological polar surface area (TPSA) is 49.4 Å². The summed E-state index contributed by atoms with van der Waals surface area (Å²) < 4.78 is 14.7. The van der Waals surface area contributed by atoms with E-state index in [9.17, 15) is 14.0 Å². The number of amides is 2. The smallest absolute Gasteiger partial charge is 0.261 e. The number of fused-ring (bicyclic) bond motifs is 1. The lowest BCUT2D eigenvalue weighted by Gasteiger charge is -2.15. The van der Waals surface area contributed by atoms with Crippen LogP contribution in [0.1, 0.15) is 34.5 Å². The number of benzene rings is 1. The second-order valence-corrected chi connectivity index (χ2v) is 6.82. The molecular formula is C17H19FN2O2S. The Morgan fingerprint density at radius 2 is 2.26 bits per heavy atom. The molecule has 1 fully saturated rings. The van der Waals surface area contributed by atoms with Crippen molar-refractivity contribution in [1.29, 1.82) is 0 Å². The fraction of sp³-hybridized carbons (Fsp3) is 0.412. The zero-order valence-corrected chi connectivity index (χ0v) is 13.8. The van der Waals surface area contributed by atoms with Gasteiger partial charge in [0.25, 0.3) is 5.91 Å². The van der Waals surface area contributed by atoms with Gasteiger partial charge in [-0.1, -0.05) is 6.07 Å². The fourth-order valence-corrected chi connectivity index (χ4v) is 4.10. The lowest BCUT2D eigenvalue weighted by atomic mass is 10.1. The first-order valence-electron chi connectivity index (χ1n) is 7.81. The average Bonchev–Trinajstić information content (AvgIpc) is 3.08. The highest BCUT2D eigenvalue weighted by Gasteiger charge is 2.20. The van der Waals surface area contributed by atoms with E-state index in [2.05, 4.69) is 5.32 Å². The predicted octanol–water partition coefficient (Wildman–Crippen LogP) is 3.09. The first kappa shape index (κ1) is 15.9. The van der Waals surface area contributed by atoms with E-state index in [4.69, 9.17) is 0 Å². The Balaban J connectivity index is 1.59. The van der Waals surface area contributed by atoms with Gasteiger partial charge in [-0.2, -0.15) is 0 Å².